The zero-order valence-corrected chi connectivity index (χ0v) is 11.2. The molecule has 19 heavy (non-hydrogen) atoms. The van der Waals surface area contributed by atoms with Crippen molar-refractivity contribution < 1.29 is 18.3 Å². The zero-order chi connectivity index (χ0) is 14.3. The first kappa shape index (κ1) is 15.4. The second-order valence-corrected chi connectivity index (χ2v) is 4.30. The predicted octanol–water partition coefficient (Wildman–Crippen LogP) is 3.45. The second-order valence-electron chi connectivity index (χ2n) is 4.30. The van der Waals surface area contributed by atoms with Crippen LogP contribution in [0.3, 0.4) is 0 Å². The van der Waals surface area contributed by atoms with Crippen molar-refractivity contribution in [2.24, 2.45) is 5.92 Å². The molecule has 0 unspecified atom stereocenters. The summed E-state index contributed by atoms with van der Waals surface area (Å²) in [4.78, 5) is 11.9. The van der Waals surface area contributed by atoms with E-state index in [4.69, 9.17) is 0 Å². The molecule has 106 valence electrons. The summed E-state index contributed by atoms with van der Waals surface area (Å²) in [6.45, 7) is 1.84. The van der Waals surface area contributed by atoms with Crippen LogP contribution in [0.1, 0.15) is 37.0 Å². The van der Waals surface area contributed by atoms with Crippen LogP contribution < -0.4 is 10.1 Å². The fourth-order valence-corrected chi connectivity index (χ4v) is 1.73. The van der Waals surface area contributed by atoms with Gasteiger partial charge in [-0.2, -0.15) is 8.78 Å². The first-order valence-corrected chi connectivity index (χ1v) is 6.39. The Morgan fingerprint density at radius 2 is 2.00 bits per heavy atom. The lowest BCUT2D eigenvalue weighted by molar-refractivity contribution is -0.0498. The normalized spacial score (nSPS) is 10.8. The quantitative estimate of drug-likeness (QED) is 0.824. The molecule has 0 atom stereocenters. The minimum absolute atomic E-state index is 0.00909. The predicted molar refractivity (Wildman–Crippen MR) is 69.5 cm³/mol. The summed E-state index contributed by atoms with van der Waals surface area (Å²) < 4.78 is 28.4. The van der Waals surface area contributed by atoms with Crippen LogP contribution >= 0.6 is 0 Å². The Morgan fingerprint density at radius 3 is 2.58 bits per heavy atom. The Bertz CT molecular complexity index is 406. The zero-order valence-electron chi connectivity index (χ0n) is 11.2. The number of halogens is 2. The molecule has 1 aromatic rings. The van der Waals surface area contributed by atoms with E-state index in [0.29, 0.717) is 18.0 Å². The van der Waals surface area contributed by atoms with Crippen molar-refractivity contribution in [2.75, 3.05) is 6.54 Å². The van der Waals surface area contributed by atoms with Crippen LogP contribution in [-0.4, -0.2) is 19.1 Å². The number of rotatable bonds is 7. The van der Waals surface area contributed by atoms with Crippen molar-refractivity contribution in [1.29, 1.82) is 0 Å². The maximum absolute atomic E-state index is 12.1. The van der Waals surface area contributed by atoms with Gasteiger partial charge in [0.05, 0.1) is 0 Å². The number of alkyl halides is 2. The Morgan fingerprint density at radius 1 is 1.32 bits per heavy atom. The molecular formula is C14H19F2NO2. The summed E-state index contributed by atoms with van der Waals surface area (Å²) in [7, 11) is 0. The van der Waals surface area contributed by atoms with Crippen LogP contribution in [0, 0.1) is 5.92 Å². The Balaban J connectivity index is 2.61. The van der Waals surface area contributed by atoms with Gasteiger partial charge in [0, 0.05) is 12.1 Å². The van der Waals surface area contributed by atoms with Crippen LogP contribution in [0.5, 0.6) is 5.75 Å². The van der Waals surface area contributed by atoms with Crippen LogP contribution in [-0.2, 0) is 0 Å². The van der Waals surface area contributed by atoms with Gasteiger partial charge in [-0.15, -0.1) is 0 Å². The average Bonchev–Trinajstić information content (AvgIpc) is 2.39. The highest BCUT2D eigenvalue weighted by molar-refractivity contribution is 5.94. The highest BCUT2D eigenvalue weighted by atomic mass is 19.3. The van der Waals surface area contributed by atoms with Crippen molar-refractivity contribution in [3.8, 4) is 5.75 Å². The third-order valence-electron chi connectivity index (χ3n) is 3.03. The van der Waals surface area contributed by atoms with Gasteiger partial charge < -0.3 is 10.1 Å². The molecule has 3 nitrogen and oxygen atoms in total. The van der Waals surface area contributed by atoms with Gasteiger partial charge in [0.2, 0.25) is 0 Å². The number of amides is 1. The SMILES string of the molecule is CCC(CC)CNC(=O)c1cccc(OC(F)F)c1. The van der Waals surface area contributed by atoms with E-state index in [1.54, 1.807) is 6.07 Å². The minimum atomic E-state index is -2.89. The number of carbonyl (C=O) groups excluding carboxylic acids is 1. The van der Waals surface area contributed by atoms with Crippen molar-refractivity contribution in [3.63, 3.8) is 0 Å². The molecule has 1 N–H and O–H groups in total. The van der Waals surface area contributed by atoms with Gasteiger partial charge in [0.25, 0.3) is 5.91 Å². The van der Waals surface area contributed by atoms with E-state index in [2.05, 4.69) is 23.9 Å². The number of carbonyl (C=O) groups is 1. The number of hydrogen-bond donors (Lipinski definition) is 1. The lowest BCUT2D eigenvalue weighted by Crippen LogP contribution is -2.28. The summed E-state index contributed by atoms with van der Waals surface area (Å²) in [6, 6.07) is 5.79. The molecule has 0 saturated heterocycles. The second kappa shape index (κ2) is 7.71. The van der Waals surface area contributed by atoms with Crippen LogP contribution in [0.4, 0.5) is 8.78 Å². The van der Waals surface area contributed by atoms with Crippen LogP contribution in [0.25, 0.3) is 0 Å². The van der Waals surface area contributed by atoms with E-state index in [1.165, 1.54) is 18.2 Å². The Labute approximate surface area is 112 Å². The third kappa shape index (κ3) is 5.24. The van der Waals surface area contributed by atoms with E-state index < -0.39 is 6.61 Å². The molecule has 0 aromatic heterocycles. The van der Waals surface area contributed by atoms with E-state index in [-0.39, 0.29) is 11.7 Å². The molecule has 0 fully saturated rings. The number of hydrogen-bond acceptors (Lipinski definition) is 2. The number of benzene rings is 1. The van der Waals surface area contributed by atoms with Crippen LogP contribution in [0.15, 0.2) is 24.3 Å². The first-order chi connectivity index (χ1) is 9.06. The largest absolute Gasteiger partial charge is 0.435 e. The van der Waals surface area contributed by atoms with Gasteiger partial charge in [-0.25, -0.2) is 0 Å². The smallest absolute Gasteiger partial charge is 0.387 e. The molecule has 0 spiro atoms. The van der Waals surface area contributed by atoms with Gasteiger partial charge in [0.15, 0.2) is 0 Å². The van der Waals surface area contributed by atoms with Crippen molar-refractivity contribution in [2.45, 2.75) is 33.3 Å². The summed E-state index contributed by atoms with van der Waals surface area (Å²) in [6.07, 6.45) is 1.98. The molecule has 0 heterocycles. The van der Waals surface area contributed by atoms with E-state index in [1.807, 2.05) is 0 Å². The molecule has 0 bridgehead atoms. The molecule has 1 aromatic carbocycles. The molecule has 1 rings (SSSR count). The highest BCUT2D eigenvalue weighted by Crippen LogP contribution is 2.16. The first-order valence-electron chi connectivity index (χ1n) is 6.39. The summed E-state index contributed by atoms with van der Waals surface area (Å²) >= 11 is 0. The molecule has 0 aliphatic heterocycles. The van der Waals surface area contributed by atoms with Crippen molar-refractivity contribution in [3.05, 3.63) is 29.8 Å². The summed E-state index contributed by atoms with van der Waals surface area (Å²) in [5.41, 5.74) is 0.323. The molecular weight excluding hydrogens is 252 g/mol. The van der Waals surface area contributed by atoms with Gasteiger partial charge in [0.1, 0.15) is 5.75 Å². The number of ether oxygens (including phenoxy) is 1. The highest BCUT2D eigenvalue weighted by Gasteiger charge is 2.11. The maximum Gasteiger partial charge on any atom is 0.387 e. The summed E-state index contributed by atoms with van der Waals surface area (Å²) in [5.74, 6) is 0.154. The average molecular weight is 271 g/mol. The third-order valence-corrected chi connectivity index (χ3v) is 3.03. The van der Waals surface area contributed by atoms with Crippen LogP contribution in [0.2, 0.25) is 0 Å². The van der Waals surface area contributed by atoms with Crippen molar-refractivity contribution in [1.82, 2.24) is 5.32 Å². The monoisotopic (exact) mass is 271 g/mol. The fraction of sp³-hybridized carbons (Fsp3) is 0.500. The van der Waals surface area contributed by atoms with Gasteiger partial charge in [-0.3, -0.25) is 4.79 Å². The minimum Gasteiger partial charge on any atom is -0.435 e. The molecule has 0 aliphatic rings. The van der Waals surface area contributed by atoms with E-state index in [9.17, 15) is 13.6 Å². The number of nitrogens with one attached hydrogen (secondary N) is 1. The lowest BCUT2D eigenvalue weighted by atomic mass is 10.0. The van der Waals surface area contributed by atoms with E-state index >= 15 is 0 Å². The Kier molecular flexibility index (Phi) is 6.25. The fourth-order valence-electron chi connectivity index (χ4n) is 1.73. The molecule has 0 saturated carbocycles. The summed E-state index contributed by atoms with van der Waals surface area (Å²) in [5, 5.41) is 2.80. The van der Waals surface area contributed by atoms with Gasteiger partial charge in [-0.05, 0) is 24.1 Å². The van der Waals surface area contributed by atoms with Gasteiger partial charge in [-0.1, -0.05) is 32.8 Å². The van der Waals surface area contributed by atoms with E-state index in [0.717, 1.165) is 12.8 Å². The molecule has 1 amide bonds. The molecule has 0 aliphatic carbocycles. The molecule has 0 radical (unpaired) electrons. The maximum atomic E-state index is 12.1. The lowest BCUT2D eigenvalue weighted by Gasteiger charge is -2.13. The topological polar surface area (TPSA) is 38.3 Å². The van der Waals surface area contributed by atoms with Crippen molar-refractivity contribution >= 4 is 5.91 Å². The Hall–Kier alpha value is -1.65. The standard InChI is InChI=1S/C14H19F2NO2/c1-3-10(4-2)9-17-13(18)11-6-5-7-12(8-11)19-14(15)16/h5-8,10,14H,3-4,9H2,1-2H3,(H,17,18). The molecule has 5 heteroatoms. The van der Waals surface area contributed by atoms with Gasteiger partial charge >= 0.3 is 6.61 Å².